The number of rotatable bonds is 1. The van der Waals surface area contributed by atoms with E-state index in [0.29, 0.717) is 0 Å². The first-order valence-corrected chi connectivity index (χ1v) is 10.3. The smallest absolute Gasteiger partial charge is 0.166 e. The molecule has 0 unspecified atom stereocenters. The summed E-state index contributed by atoms with van der Waals surface area (Å²) in [5, 5.41) is 2.10. The van der Waals surface area contributed by atoms with E-state index in [2.05, 4.69) is 18.2 Å². The highest BCUT2D eigenvalue weighted by Gasteiger charge is 2.34. The summed E-state index contributed by atoms with van der Waals surface area (Å²) < 4.78 is 39.8. The molecule has 0 aromatic heterocycles. The van der Waals surface area contributed by atoms with Gasteiger partial charge in [0.1, 0.15) is 8.80 Å². The van der Waals surface area contributed by atoms with Crippen LogP contribution in [0, 0.1) is 6.92 Å². The van der Waals surface area contributed by atoms with Crippen molar-refractivity contribution >= 4 is 19.2 Å². The number of hydrogen-bond donors (Lipinski definition) is 0. The van der Waals surface area contributed by atoms with Gasteiger partial charge in [-0.25, -0.2) is 0 Å². The Morgan fingerprint density at radius 3 is 2.36 bits per heavy atom. The molecular weight excluding hydrogens is 337 g/mol. The number of alkyl halides is 3. The van der Waals surface area contributed by atoms with Crippen LogP contribution in [-0.4, -0.2) is 8.80 Å². The average Bonchev–Trinajstić information content (AvgIpc) is 2.60. The average molecular weight is 354 g/mol. The zero-order valence-electron chi connectivity index (χ0n) is 13.8. The molecule has 1 atom stereocenters. The van der Waals surface area contributed by atoms with E-state index in [1.807, 2.05) is 37.3 Å². The highest BCUT2D eigenvalue weighted by atomic mass is 28.3. The molecule has 4 heteroatoms. The molecule has 3 aromatic carbocycles. The number of benzene rings is 3. The van der Waals surface area contributed by atoms with Crippen LogP contribution >= 0.6 is 0 Å². The lowest BCUT2D eigenvalue weighted by atomic mass is 9.94. The molecule has 0 aliphatic carbocycles. The molecule has 1 aliphatic heterocycles. The van der Waals surface area contributed by atoms with Crippen LogP contribution in [0.15, 0.2) is 66.7 Å². The fraction of sp³-hybridized carbons (Fsp3) is 0.143. The monoisotopic (exact) mass is 354 g/mol. The van der Waals surface area contributed by atoms with Crippen LogP contribution in [0.5, 0.6) is 0 Å². The minimum Gasteiger partial charge on any atom is -0.166 e. The van der Waals surface area contributed by atoms with Crippen LogP contribution in [0.2, 0.25) is 0 Å². The topological polar surface area (TPSA) is 0 Å². The molecule has 0 nitrogen and oxygen atoms in total. The maximum atomic E-state index is 13.3. The molecule has 126 valence electrons. The van der Waals surface area contributed by atoms with Crippen molar-refractivity contribution in [2.45, 2.75) is 19.1 Å². The first-order valence-electron chi connectivity index (χ1n) is 8.30. The molecule has 0 bridgehead atoms. The largest absolute Gasteiger partial charge is 0.416 e. The minimum atomic E-state index is -4.31. The lowest BCUT2D eigenvalue weighted by Crippen LogP contribution is -2.48. The number of fused-ring (bicyclic) bond motifs is 3. The van der Waals surface area contributed by atoms with Crippen LogP contribution < -0.4 is 10.4 Å². The van der Waals surface area contributed by atoms with Gasteiger partial charge in [0.2, 0.25) is 0 Å². The Kier molecular flexibility index (Phi) is 3.80. The maximum absolute atomic E-state index is 13.3. The lowest BCUT2D eigenvalue weighted by Gasteiger charge is -2.29. The molecule has 0 fully saturated rings. The normalized spacial score (nSPS) is 16.2. The Balaban J connectivity index is 1.97. The molecule has 0 spiro atoms. The fourth-order valence-corrected chi connectivity index (χ4v) is 7.13. The van der Waals surface area contributed by atoms with Gasteiger partial charge in [-0.15, -0.1) is 0 Å². The van der Waals surface area contributed by atoms with Crippen molar-refractivity contribution in [1.29, 1.82) is 0 Å². The van der Waals surface area contributed by atoms with Crippen LogP contribution in [0.1, 0.15) is 16.7 Å². The van der Waals surface area contributed by atoms with E-state index in [1.54, 1.807) is 6.07 Å². The Morgan fingerprint density at radius 2 is 1.64 bits per heavy atom. The Hall–Kier alpha value is -2.33. The molecule has 0 N–H and O–H groups in total. The van der Waals surface area contributed by atoms with Gasteiger partial charge in [0, 0.05) is 0 Å². The minimum absolute atomic E-state index is 0.545. The number of aryl methyl sites for hydroxylation is 1. The maximum Gasteiger partial charge on any atom is 0.416 e. The van der Waals surface area contributed by atoms with Crippen molar-refractivity contribution in [2.75, 3.05) is 0 Å². The number of hydrogen-bond acceptors (Lipinski definition) is 0. The predicted molar refractivity (Wildman–Crippen MR) is 98.2 cm³/mol. The first-order chi connectivity index (χ1) is 11.9. The molecule has 0 saturated heterocycles. The third-order valence-electron chi connectivity index (χ3n) is 5.01. The summed E-state index contributed by atoms with van der Waals surface area (Å²) >= 11 is 0. The van der Waals surface area contributed by atoms with Crippen LogP contribution in [0.4, 0.5) is 13.2 Å². The summed E-state index contributed by atoms with van der Waals surface area (Å²) in [5.41, 5.74) is 3.93. The third kappa shape index (κ3) is 2.80. The van der Waals surface area contributed by atoms with Crippen LogP contribution in [-0.2, 0) is 12.2 Å². The van der Waals surface area contributed by atoms with Crippen molar-refractivity contribution in [2.24, 2.45) is 0 Å². The Labute approximate surface area is 146 Å². The predicted octanol–water partition coefficient (Wildman–Crippen LogP) is 4.12. The molecule has 4 rings (SSSR count). The van der Waals surface area contributed by atoms with Gasteiger partial charge >= 0.3 is 6.18 Å². The molecule has 0 radical (unpaired) electrons. The van der Waals surface area contributed by atoms with Gasteiger partial charge in [0.05, 0.1) is 5.56 Å². The van der Waals surface area contributed by atoms with E-state index < -0.39 is 20.5 Å². The van der Waals surface area contributed by atoms with Crippen molar-refractivity contribution in [3.05, 3.63) is 83.4 Å². The summed E-state index contributed by atoms with van der Waals surface area (Å²) in [5.74, 6) is 0. The van der Waals surface area contributed by atoms with Gasteiger partial charge in [-0.2, -0.15) is 13.2 Å². The second-order valence-electron chi connectivity index (χ2n) is 6.58. The standard InChI is InChI=1S/C21H17F3Si/c1-14-6-5-7-15-13-25(17-8-3-2-4-9-17)19-12-16(21(22,23)24)10-11-18(19)20(14)15/h2-12,25H,13H2,1H3/t25-/m1/s1. The molecule has 1 aliphatic rings. The zero-order chi connectivity index (χ0) is 17.6. The van der Waals surface area contributed by atoms with Crippen molar-refractivity contribution in [3.63, 3.8) is 0 Å². The molecule has 0 amide bonds. The first kappa shape index (κ1) is 16.2. The molecule has 25 heavy (non-hydrogen) atoms. The van der Waals surface area contributed by atoms with Gasteiger partial charge in [-0.05, 0) is 46.5 Å². The SMILES string of the molecule is Cc1cccc2c1-c1ccc(C(F)(F)F)cc1[Si@@H](c1ccccc1)C2. The highest BCUT2D eigenvalue weighted by molar-refractivity contribution is 6.86. The summed E-state index contributed by atoms with van der Waals surface area (Å²) in [7, 11) is -1.74. The number of halogens is 3. The summed E-state index contributed by atoms with van der Waals surface area (Å²) in [6, 6.07) is 21.3. The fourth-order valence-electron chi connectivity index (χ4n) is 3.85. The molecular formula is C21H17F3Si. The van der Waals surface area contributed by atoms with Crippen molar-refractivity contribution in [3.8, 4) is 11.1 Å². The van der Waals surface area contributed by atoms with Crippen molar-refractivity contribution < 1.29 is 13.2 Å². The van der Waals surface area contributed by atoms with Gasteiger partial charge in [0.25, 0.3) is 0 Å². The lowest BCUT2D eigenvalue weighted by molar-refractivity contribution is -0.137. The Morgan fingerprint density at radius 1 is 0.880 bits per heavy atom. The Bertz CT molecular complexity index is 930. The van der Waals surface area contributed by atoms with E-state index >= 15 is 0 Å². The van der Waals surface area contributed by atoms with E-state index in [-0.39, 0.29) is 0 Å². The zero-order valence-corrected chi connectivity index (χ0v) is 14.9. The third-order valence-corrected chi connectivity index (χ3v) is 8.27. The molecule has 0 saturated carbocycles. The van der Waals surface area contributed by atoms with E-state index in [4.69, 9.17) is 0 Å². The van der Waals surface area contributed by atoms with Crippen LogP contribution in [0.25, 0.3) is 11.1 Å². The molecule has 1 heterocycles. The van der Waals surface area contributed by atoms with Gasteiger partial charge in [0.15, 0.2) is 0 Å². The van der Waals surface area contributed by atoms with Gasteiger partial charge in [-0.1, -0.05) is 65.9 Å². The summed E-state index contributed by atoms with van der Waals surface area (Å²) in [6.45, 7) is 2.03. The summed E-state index contributed by atoms with van der Waals surface area (Å²) in [6.07, 6.45) is -4.31. The quantitative estimate of drug-likeness (QED) is 0.577. The van der Waals surface area contributed by atoms with E-state index in [9.17, 15) is 13.2 Å². The second kappa shape index (κ2) is 5.88. The second-order valence-corrected chi connectivity index (χ2v) is 9.38. The van der Waals surface area contributed by atoms with Gasteiger partial charge in [-0.3, -0.25) is 0 Å². The van der Waals surface area contributed by atoms with Gasteiger partial charge < -0.3 is 0 Å². The molecule has 3 aromatic rings. The van der Waals surface area contributed by atoms with E-state index in [0.717, 1.165) is 27.9 Å². The summed E-state index contributed by atoms with van der Waals surface area (Å²) in [4.78, 5) is 0. The van der Waals surface area contributed by atoms with Crippen molar-refractivity contribution in [1.82, 2.24) is 0 Å². The van der Waals surface area contributed by atoms with E-state index in [1.165, 1.54) is 22.9 Å². The highest BCUT2D eigenvalue weighted by Crippen LogP contribution is 2.35. The van der Waals surface area contributed by atoms with Crippen LogP contribution in [0.3, 0.4) is 0 Å².